The quantitative estimate of drug-likeness (QED) is 0.691. The molecule has 2 rings (SSSR count). The van der Waals surface area contributed by atoms with Gasteiger partial charge in [-0.25, -0.2) is 0 Å². The SMILES string of the molecule is CC1CCC(C(=O)OC2CCC(C)C(C)C2C)CC1. The first-order chi connectivity index (χ1) is 8.99. The predicted octanol–water partition coefficient (Wildman–Crippen LogP) is 4.43. The molecule has 2 nitrogen and oxygen atoms in total. The van der Waals surface area contributed by atoms with Gasteiger partial charge in [0.15, 0.2) is 0 Å². The zero-order valence-electron chi connectivity index (χ0n) is 13.0. The fraction of sp³-hybridized carbons (Fsp3) is 0.941. The van der Waals surface area contributed by atoms with Gasteiger partial charge < -0.3 is 4.74 Å². The first-order valence-electron chi connectivity index (χ1n) is 8.19. The van der Waals surface area contributed by atoms with Crippen molar-refractivity contribution in [1.29, 1.82) is 0 Å². The molecule has 110 valence electrons. The molecule has 0 aromatic carbocycles. The fourth-order valence-electron chi connectivity index (χ4n) is 3.72. The number of hydrogen-bond acceptors (Lipinski definition) is 2. The molecule has 0 radical (unpaired) electrons. The summed E-state index contributed by atoms with van der Waals surface area (Å²) in [5.74, 6) is 3.00. The van der Waals surface area contributed by atoms with Crippen molar-refractivity contribution in [3.8, 4) is 0 Å². The molecule has 2 saturated carbocycles. The Morgan fingerprint density at radius 1 is 0.842 bits per heavy atom. The van der Waals surface area contributed by atoms with Crippen LogP contribution in [0.1, 0.15) is 66.2 Å². The molecule has 19 heavy (non-hydrogen) atoms. The van der Waals surface area contributed by atoms with Crippen molar-refractivity contribution in [2.75, 3.05) is 0 Å². The Balaban J connectivity index is 1.85. The highest BCUT2D eigenvalue weighted by Crippen LogP contribution is 2.37. The number of esters is 1. The molecule has 2 aliphatic carbocycles. The summed E-state index contributed by atoms with van der Waals surface area (Å²) in [6.07, 6.45) is 6.87. The lowest BCUT2D eigenvalue weighted by Gasteiger charge is -2.38. The minimum Gasteiger partial charge on any atom is -0.462 e. The second-order valence-electron chi connectivity index (χ2n) is 7.21. The van der Waals surface area contributed by atoms with Crippen molar-refractivity contribution in [3.05, 3.63) is 0 Å². The molecule has 0 N–H and O–H groups in total. The third-order valence-corrected chi connectivity index (χ3v) is 5.84. The Labute approximate surface area is 118 Å². The standard InChI is InChI=1S/C17H30O2/c1-11-5-8-15(9-6-11)17(18)19-16-10-7-12(2)13(3)14(16)4/h11-16H,5-10H2,1-4H3. The van der Waals surface area contributed by atoms with E-state index in [0.29, 0.717) is 11.8 Å². The normalized spacial score (nSPS) is 43.8. The minimum absolute atomic E-state index is 0.0884. The number of carbonyl (C=O) groups is 1. The van der Waals surface area contributed by atoms with E-state index in [0.717, 1.165) is 31.1 Å². The maximum Gasteiger partial charge on any atom is 0.309 e. The van der Waals surface area contributed by atoms with Gasteiger partial charge in [-0.3, -0.25) is 4.79 Å². The van der Waals surface area contributed by atoms with Gasteiger partial charge in [-0.2, -0.15) is 0 Å². The monoisotopic (exact) mass is 266 g/mol. The molecule has 0 amide bonds. The largest absolute Gasteiger partial charge is 0.462 e. The van der Waals surface area contributed by atoms with E-state index in [1.165, 1.54) is 19.3 Å². The molecule has 0 bridgehead atoms. The third-order valence-electron chi connectivity index (χ3n) is 5.84. The van der Waals surface area contributed by atoms with Gasteiger partial charge in [-0.05, 0) is 62.2 Å². The van der Waals surface area contributed by atoms with Crippen molar-refractivity contribution in [2.45, 2.75) is 72.3 Å². The highest BCUT2D eigenvalue weighted by atomic mass is 16.5. The summed E-state index contributed by atoms with van der Waals surface area (Å²) in [5, 5.41) is 0. The molecule has 0 aromatic rings. The predicted molar refractivity (Wildman–Crippen MR) is 77.7 cm³/mol. The van der Waals surface area contributed by atoms with E-state index >= 15 is 0 Å². The van der Waals surface area contributed by atoms with Gasteiger partial charge in [0.1, 0.15) is 6.10 Å². The molecular weight excluding hydrogens is 236 g/mol. The third kappa shape index (κ3) is 3.52. The highest BCUT2D eigenvalue weighted by Gasteiger charge is 2.35. The van der Waals surface area contributed by atoms with Gasteiger partial charge in [0, 0.05) is 0 Å². The topological polar surface area (TPSA) is 26.3 Å². The van der Waals surface area contributed by atoms with Crippen LogP contribution in [0, 0.1) is 29.6 Å². The lowest BCUT2D eigenvalue weighted by molar-refractivity contribution is -0.162. The molecule has 4 unspecified atom stereocenters. The van der Waals surface area contributed by atoms with Crippen molar-refractivity contribution >= 4 is 5.97 Å². The Morgan fingerprint density at radius 3 is 2.11 bits per heavy atom. The van der Waals surface area contributed by atoms with Gasteiger partial charge in [0.05, 0.1) is 5.92 Å². The van der Waals surface area contributed by atoms with Crippen LogP contribution in [0.25, 0.3) is 0 Å². The Hall–Kier alpha value is -0.530. The molecule has 2 aliphatic rings. The van der Waals surface area contributed by atoms with Crippen LogP contribution in [0.4, 0.5) is 0 Å². The fourth-order valence-corrected chi connectivity index (χ4v) is 3.72. The van der Waals surface area contributed by atoms with Crippen molar-refractivity contribution in [1.82, 2.24) is 0 Å². The molecular formula is C17H30O2. The molecule has 4 atom stereocenters. The summed E-state index contributed by atoms with van der Waals surface area (Å²) < 4.78 is 5.86. The average Bonchev–Trinajstić information content (AvgIpc) is 2.40. The van der Waals surface area contributed by atoms with Crippen LogP contribution in [0.2, 0.25) is 0 Å². The highest BCUT2D eigenvalue weighted by molar-refractivity contribution is 5.72. The van der Waals surface area contributed by atoms with Crippen LogP contribution in [-0.4, -0.2) is 12.1 Å². The van der Waals surface area contributed by atoms with Crippen molar-refractivity contribution < 1.29 is 9.53 Å². The summed E-state index contributed by atoms with van der Waals surface area (Å²) in [6.45, 7) is 9.16. The molecule has 0 aromatic heterocycles. The van der Waals surface area contributed by atoms with Crippen LogP contribution >= 0.6 is 0 Å². The van der Waals surface area contributed by atoms with E-state index in [2.05, 4.69) is 27.7 Å². The maximum atomic E-state index is 12.3. The maximum absolute atomic E-state index is 12.3. The molecule has 2 fully saturated rings. The van der Waals surface area contributed by atoms with E-state index < -0.39 is 0 Å². The van der Waals surface area contributed by atoms with Gasteiger partial charge in [-0.15, -0.1) is 0 Å². The van der Waals surface area contributed by atoms with Crippen molar-refractivity contribution in [2.24, 2.45) is 29.6 Å². The molecule has 2 heteroatoms. The summed E-state index contributed by atoms with van der Waals surface area (Å²) in [7, 11) is 0. The summed E-state index contributed by atoms with van der Waals surface area (Å²) in [4.78, 5) is 12.3. The van der Waals surface area contributed by atoms with Gasteiger partial charge >= 0.3 is 5.97 Å². The second-order valence-corrected chi connectivity index (χ2v) is 7.21. The van der Waals surface area contributed by atoms with Gasteiger partial charge in [0.2, 0.25) is 0 Å². The summed E-state index contributed by atoms with van der Waals surface area (Å²) >= 11 is 0. The lowest BCUT2D eigenvalue weighted by atomic mass is 9.73. The summed E-state index contributed by atoms with van der Waals surface area (Å²) in [5.41, 5.74) is 0. The van der Waals surface area contributed by atoms with Gasteiger partial charge in [0.25, 0.3) is 0 Å². The Morgan fingerprint density at radius 2 is 1.47 bits per heavy atom. The number of ether oxygens (including phenoxy) is 1. The first kappa shape index (κ1) is 14.9. The molecule has 0 spiro atoms. The van der Waals surface area contributed by atoms with E-state index in [1.54, 1.807) is 0 Å². The Bertz CT molecular complexity index is 304. The number of carbonyl (C=O) groups excluding carboxylic acids is 1. The molecule has 0 aliphatic heterocycles. The number of rotatable bonds is 2. The van der Waals surface area contributed by atoms with Crippen LogP contribution in [-0.2, 0) is 9.53 Å². The zero-order valence-corrected chi connectivity index (χ0v) is 13.0. The zero-order chi connectivity index (χ0) is 14.0. The van der Waals surface area contributed by atoms with Gasteiger partial charge in [-0.1, -0.05) is 27.7 Å². The second kappa shape index (κ2) is 6.28. The van der Waals surface area contributed by atoms with Crippen LogP contribution < -0.4 is 0 Å². The summed E-state index contributed by atoms with van der Waals surface area (Å²) in [6, 6.07) is 0. The molecule has 0 saturated heterocycles. The first-order valence-corrected chi connectivity index (χ1v) is 8.19. The average molecular weight is 266 g/mol. The molecule has 0 heterocycles. The van der Waals surface area contributed by atoms with Crippen LogP contribution in [0.15, 0.2) is 0 Å². The van der Waals surface area contributed by atoms with E-state index in [1.807, 2.05) is 0 Å². The Kier molecular flexibility index (Phi) is 4.92. The van der Waals surface area contributed by atoms with Crippen LogP contribution in [0.3, 0.4) is 0 Å². The van der Waals surface area contributed by atoms with E-state index in [4.69, 9.17) is 4.74 Å². The van der Waals surface area contributed by atoms with Crippen molar-refractivity contribution in [3.63, 3.8) is 0 Å². The minimum atomic E-state index is 0.0884. The van der Waals surface area contributed by atoms with E-state index in [-0.39, 0.29) is 18.0 Å². The van der Waals surface area contributed by atoms with Crippen LogP contribution in [0.5, 0.6) is 0 Å². The van der Waals surface area contributed by atoms with E-state index in [9.17, 15) is 4.79 Å². The smallest absolute Gasteiger partial charge is 0.309 e. The lowest BCUT2D eigenvalue weighted by Crippen LogP contribution is -2.38. The number of hydrogen-bond donors (Lipinski definition) is 0.